The average molecular weight is 369 g/mol. The van der Waals surface area contributed by atoms with Crippen LogP contribution in [0.1, 0.15) is 26.3 Å². The Balaban J connectivity index is 2.16. The van der Waals surface area contributed by atoms with Crippen LogP contribution in [-0.4, -0.2) is 27.0 Å². The highest BCUT2D eigenvalue weighted by molar-refractivity contribution is 5.65. The maximum atomic E-state index is 15.5. The summed E-state index contributed by atoms with van der Waals surface area (Å²) in [6.45, 7) is 5.89. The van der Waals surface area contributed by atoms with Crippen molar-refractivity contribution in [2.45, 2.75) is 26.2 Å². The molecule has 0 aliphatic carbocycles. The van der Waals surface area contributed by atoms with Gasteiger partial charge in [-0.25, -0.2) is 24.3 Å². The van der Waals surface area contributed by atoms with E-state index in [1.165, 1.54) is 25.7 Å². The minimum atomic E-state index is -0.587. The van der Waals surface area contributed by atoms with Crippen molar-refractivity contribution in [2.24, 2.45) is 0 Å². The third-order valence-corrected chi connectivity index (χ3v) is 3.88. The van der Waals surface area contributed by atoms with Crippen molar-refractivity contribution >= 4 is 5.82 Å². The molecule has 0 bridgehead atoms. The molecule has 2 N–H and O–H groups in total. The second kappa shape index (κ2) is 7.14. The zero-order chi connectivity index (χ0) is 19.6. The smallest absolute Gasteiger partial charge is 0.321 e. The zero-order valence-electron chi connectivity index (χ0n) is 15.5. The fourth-order valence-electron chi connectivity index (χ4n) is 2.54. The lowest BCUT2D eigenvalue weighted by Gasteiger charge is -2.23. The Morgan fingerprint density at radius 2 is 1.78 bits per heavy atom. The predicted molar refractivity (Wildman–Crippen MR) is 99.2 cm³/mol. The van der Waals surface area contributed by atoms with Crippen molar-refractivity contribution in [1.82, 2.24) is 19.9 Å². The summed E-state index contributed by atoms with van der Waals surface area (Å²) in [7, 11) is 1.42. The molecule has 0 radical (unpaired) electrons. The second-order valence-electron chi connectivity index (χ2n) is 6.84. The molecule has 7 nitrogen and oxygen atoms in total. The van der Waals surface area contributed by atoms with Gasteiger partial charge in [-0.05, 0) is 17.5 Å². The van der Waals surface area contributed by atoms with E-state index in [1.54, 1.807) is 18.2 Å². The molecule has 0 fully saturated rings. The molecule has 0 saturated heterocycles. The van der Waals surface area contributed by atoms with Gasteiger partial charge in [0.25, 0.3) is 5.88 Å². The number of hydrogen-bond acceptors (Lipinski definition) is 7. The number of nitrogen functional groups attached to an aromatic ring is 1. The topological polar surface area (TPSA) is 96.0 Å². The normalized spacial score (nSPS) is 11.3. The van der Waals surface area contributed by atoms with E-state index in [4.69, 9.17) is 15.2 Å². The lowest BCUT2D eigenvalue weighted by atomic mass is 9.85. The lowest BCUT2D eigenvalue weighted by Crippen LogP contribution is -2.14. The number of methoxy groups -OCH3 is 1. The summed E-state index contributed by atoms with van der Waals surface area (Å²) in [5.41, 5.74) is 6.49. The largest absolute Gasteiger partial charge is 0.478 e. The first-order chi connectivity index (χ1) is 12.8. The van der Waals surface area contributed by atoms with Crippen LogP contribution in [0.5, 0.6) is 17.6 Å². The Morgan fingerprint density at radius 3 is 2.41 bits per heavy atom. The Bertz CT molecular complexity index is 958. The third-order valence-electron chi connectivity index (χ3n) is 3.88. The van der Waals surface area contributed by atoms with Crippen LogP contribution < -0.4 is 15.2 Å². The zero-order valence-corrected chi connectivity index (χ0v) is 15.5. The predicted octanol–water partition coefficient (Wildman–Crippen LogP) is 3.75. The van der Waals surface area contributed by atoms with E-state index in [0.717, 1.165) is 0 Å². The quantitative estimate of drug-likeness (QED) is 0.748. The van der Waals surface area contributed by atoms with Crippen LogP contribution in [-0.2, 0) is 5.41 Å². The van der Waals surface area contributed by atoms with Gasteiger partial charge in [0.15, 0.2) is 17.4 Å². The molecule has 2 aromatic heterocycles. The van der Waals surface area contributed by atoms with Gasteiger partial charge in [0.05, 0.1) is 19.0 Å². The van der Waals surface area contributed by atoms with Gasteiger partial charge in [0.1, 0.15) is 0 Å². The molecule has 0 atom stereocenters. The van der Waals surface area contributed by atoms with Crippen LogP contribution in [0.4, 0.5) is 10.2 Å². The van der Waals surface area contributed by atoms with Crippen LogP contribution >= 0.6 is 0 Å². The maximum Gasteiger partial charge on any atom is 0.321 e. The molecule has 8 heteroatoms. The Morgan fingerprint density at radius 1 is 1.07 bits per heavy atom. The Hall–Kier alpha value is -3.29. The van der Waals surface area contributed by atoms with E-state index in [2.05, 4.69) is 19.9 Å². The van der Waals surface area contributed by atoms with E-state index in [1.807, 2.05) is 20.8 Å². The highest BCUT2D eigenvalue weighted by Gasteiger charge is 2.26. The van der Waals surface area contributed by atoms with E-state index >= 15 is 4.39 Å². The molecule has 3 rings (SSSR count). The Kier molecular flexibility index (Phi) is 4.89. The SMILES string of the molecule is COc1nc(-c2ccc(C(C)(C)C)c(Oc3ncccn3)c2F)cnc1N. The van der Waals surface area contributed by atoms with Crippen molar-refractivity contribution in [3.05, 3.63) is 48.2 Å². The van der Waals surface area contributed by atoms with Gasteiger partial charge in [0, 0.05) is 23.5 Å². The fourth-order valence-corrected chi connectivity index (χ4v) is 2.54. The molecule has 0 amide bonds. The fraction of sp³-hybridized carbons (Fsp3) is 0.263. The number of benzene rings is 1. The van der Waals surface area contributed by atoms with Crippen LogP contribution in [0.3, 0.4) is 0 Å². The molecule has 140 valence electrons. The number of nitrogens with two attached hydrogens (primary N) is 1. The van der Waals surface area contributed by atoms with Gasteiger partial charge in [-0.3, -0.25) is 0 Å². The average Bonchev–Trinajstić information content (AvgIpc) is 2.64. The molecule has 27 heavy (non-hydrogen) atoms. The third kappa shape index (κ3) is 3.79. The van der Waals surface area contributed by atoms with Crippen molar-refractivity contribution in [3.8, 4) is 28.9 Å². The number of ether oxygens (including phenoxy) is 2. The number of hydrogen-bond donors (Lipinski definition) is 1. The van der Waals surface area contributed by atoms with Crippen molar-refractivity contribution in [3.63, 3.8) is 0 Å². The first-order valence-corrected chi connectivity index (χ1v) is 8.26. The summed E-state index contributed by atoms with van der Waals surface area (Å²) in [5.74, 6) is -0.289. The molecule has 3 aromatic rings. The van der Waals surface area contributed by atoms with E-state index < -0.39 is 5.82 Å². The minimum absolute atomic E-state index is 0.0452. The monoisotopic (exact) mass is 369 g/mol. The summed E-state index contributed by atoms with van der Waals surface area (Å²) in [5, 5.41) is 0. The van der Waals surface area contributed by atoms with Crippen LogP contribution in [0, 0.1) is 5.82 Å². The minimum Gasteiger partial charge on any atom is -0.478 e. The van der Waals surface area contributed by atoms with Crippen LogP contribution in [0.2, 0.25) is 0 Å². The highest BCUT2D eigenvalue weighted by Crippen LogP contribution is 2.39. The first-order valence-electron chi connectivity index (χ1n) is 8.26. The van der Waals surface area contributed by atoms with Crippen molar-refractivity contribution in [2.75, 3.05) is 12.8 Å². The summed E-state index contributed by atoms with van der Waals surface area (Å²) in [6, 6.07) is 5.13. The van der Waals surface area contributed by atoms with E-state index in [9.17, 15) is 0 Å². The van der Waals surface area contributed by atoms with Gasteiger partial charge < -0.3 is 15.2 Å². The molecule has 0 aliphatic heterocycles. The molecular formula is C19H20FN5O2. The van der Waals surface area contributed by atoms with Gasteiger partial charge in [-0.1, -0.05) is 26.8 Å². The maximum absolute atomic E-state index is 15.5. The van der Waals surface area contributed by atoms with Crippen molar-refractivity contribution in [1.29, 1.82) is 0 Å². The first kappa shape index (κ1) is 18.5. The molecular weight excluding hydrogens is 349 g/mol. The number of aromatic nitrogens is 4. The summed E-state index contributed by atoms with van der Waals surface area (Å²) in [4.78, 5) is 16.3. The van der Waals surface area contributed by atoms with Crippen LogP contribution in [0.15, 0.2) is 36.8 Å². The highest BCUT2D eigenvalue weighted by atomic mass is 19.1. The molecule has 0 spiro atoms. The Labute approximate surface area is 156 Å². The number of nitrogens with zero attached hydrogens (tertiary/aromatic N) is 4. The van der Waals surface area contributed by atoms with E-state index in [0.29, 0.717) is 5.56 Å². The van der Waals surface area contributed by atoms with Crippen molar-refractivity contribution < 1.29 is 13.9 Å². The summed E-state index contributed by atoms with van der Waals surface area (Å²) in [6.07, 6.45) is 4.43. The molecule has 2 heterocycles. The van der Waals surface area contributed by atoms with Gasteiger partial charge in [-0.15, -0.1) is 0 Å². The molecule has 0 saturated carbocycles. The summed E-state index contributed by atoms with van der Waals surface area (Å²) >= 11 is 0. The van der Waals surface area contributed by atoms with E-state index in [-0.39, 0.29) is 40.1 Å². The summed E-state index contributed by atoms with van der Waals surface area (Å²) < 4.78 is 26.2. The lowest BCUT2D eigenvalue weighted by molar-refractivity contribution is 0.393. The molecule has 1 aromatic carbocycles. The standard InChI is InChI=1S/C19H20FN5O2/c1-19(2,3)12-7-6-11(13-10-24-16(21)17(25-13)26-4)14(20)15(12)27-18-22-8-5-9-23-18/h5-10H,1-4H3,(H2,21,24). The number of halogens is 1. The number of anilines is 1. The number of rotatable bonds is 4. The van der Waals surface area contributed by atoms with Crippen LogP contribution in [0.25, 0.3) is 11.3 Å². The second-order valence-corrected chi connectivity index (χ2v) is 6.84. The molecule has 0 unspecified atom stereocenters. The van der Waals surface area contributed by atoms with Gasteiger partial charge in [0.2, 0.25) is 0 Å². The molecule has 0 aliphatic rings. The van der Waals surface area contributed by atoms with Gasteiger partial charge in [-0.2, -0.15) is 0 Å². The van der Waals surface area contributed by atoms with Gasteiger partial charge >= 0.3 is 6.01 Å².